The summed E-state index contributed by atoms with van der Waals surface area (Å²) in [7, 11) is 4.01. The lowest BCUT2D eigenvalue weighted by Crippen LogP contribution is -2.68. The number of cyclic esters (lactones) is 1. The normalized spacial score (nSPS) is 36.3. The highest BCUT2D eigenvalue weighted by Gasteiger charge is 2.71. The fourth-order valence-electron chi connectivity index (χ4n) is 9.49. The van der Waals surface area contributed by atoms with Gasteiger partial charge >= 0.3 is 5.97 Å². The highest BCUT2D eigenvalue weighted by Crippen LogP contribution is 2.67. The van der Waals surface area contributed by atoms with Gasteiger partial charge in [0, 0.05) is 50.5 Å². The summed E-state index contributed by atoms with van der Waals surface area (Å²) >= 11 is 0. The predicted octanol–water partition coefficient (Wildman–Crippen LogP) is 4.11. The number of nitrogens with one attached hydrogen (secondary N) is 1. The number of fused-ring (bicyclic) bond motifs is 1. The second-order valence-electron chi connectivity index (χ2n) is 15.1. The van der Waals surface area contributed by atoms with Crippen molar-refractivity contribution < 1.29 is 29.2 Å². The molecule has 5 aliphatic rings. The quantitative estimate of drug-likeness (QED) is 0.268. The zero-order valence-corrected chi connectivity index (χ0v) is 28.6. The molecule has 8 atom stereocenters. The summed E-state index contributed by atoms with van der Waals surface area (Å²) in [4.78, 5) is 22.8. The number of nitrogens with zero attached hydrogens (tertiary/aromatic N) is 3. The van der Waals surface area contributed by atoms with Gasteiger partial charge in [-0.1, -0.05) is 32.0 Å². The fourth-order valence-corrected chi connectivity index (χ4v) is 9.49. The van der Waals surface area contributed by atoms with Crippen molar-refractivity contribution in [1.82, 2.24) is 9.88 Å². The zero-order valence-electron chi connectivity index (χ0n) is 28.6. The number of morpholine rings is 1. The van der Waals surface area contributed by atoms with Gasteiger partial charge in [-0.2, -0.15) is 0 Å². The van der Waals surface area contributed by atoms with Crippen LogP contribution in [0.1, 0.15) is 45.1 Å². The Balaban J connectivity index is 1.27. The van der Waals surface area contributed by atoms with E-state index in [9.17, 15) is 15.0 Å². The van der Waals surface area contributed by atoms with Crippen molar-refractivity contribution in [3.8, 4) is 0 Å². The number of benzene rings is 1. The van der Waals surface area contributed by atoms with E-state index >= 15 is 0 Å². The molecule has 3 aliphatic heterocycles. The third kappa shape index (κ3) is 5.85. The van der Waals surface area contributed by atoms with Crippen molar-refractivity contribution in [2.24, 2.45) is 22.7 Å². The molecule has 4 fully saturated rings. The molecule has 0 bridgehead atoms. The molecule has 3 N–H and O–H groups in total. The molecule has 4 heterocycles. The molecule has 2 aliphatic carbocycles. The van der Waals surface area contributed by atoms with E-state index in [1.54, 1.807) is 6.20 Å². The molecule has 258 valence electrons. The van der Waals surface area contributed by atoms with Crippen LogP contribution < -0.4 is 10.2 Å². The van der Waals surface area contributed by atoms with Gasteiger partial charge in [0.2, 0.25) is 0 Å². The van der Waals surface area contributed by atoms with Gasteiger partial charge < -0.3 is 34.6 Å². The number of rotatable bonds is 9. The number of pyridine rings is 1. The van der Waals surface area contributed by atoms with E-state index in [-0.39, 0.29) is 35.9 Å². The molecule has 2 saturated heterocycles. The van der Waals surface area contributed by atoms with Gasteiger partial charge in [0.05, 0.1) is 44.1 Å². The summed E-state index contributed by atoms with van der Waals surface area (Å²) in [6.45, 7) is 7.95. The minimum atomic E-state index is -0.653. The zero-order chi connectivity index (χ0) is 33.7. The van der Waals surface area contributed by atoms with Gasteiger partial charge in [-0.25, -0.2) is 9.78 Å². The Labute approximate surface area is 283 Å². The van der Waals surface area contributed by atoms with Crippen LogP contribution in [0.25, 0.3) is 6.08 Å². The largest absolute Gasteiger partial charge is 0.423 e. The number of ether oxygens (including phenoxy) is 3. The average Bonchev–Trinajstić information content (AvgIpc) is 3.79. The molecule has 5 unspecified atom stereocenters. The Morgan fingerprint density at radius 2 is 1.90 bits per heavy atom. The molecular weight excluding hydrogens is 608 g/mol. The summed E-state index contributed by atoms with van der Waals surface area (Å²) < 4.78 is 18.3. The molecule has 10 nitrogen and oxygen atoms in total. The van der Waals surface area contributed by atoms with Crippen molar-refractivity contribution in [1.29, 1.82) is 0 Å². The first-order chi connectivity index (χ1) is 23.1. The lowest BCUT2D eigenvalue weighted by Gasteiger charge is -2.64. The monoisotopic (exact) mass is 658 g/mol. The van der Waals surface area contributed by atoms with E-state index in [0.29, 0.717) is 49.8 Å². The molecule has 0 amide bonds. The lowest BCUT2D eigenvalue weighted by atomic mass is 9.43. The van der Waals surface area contributed by atoms with Crippen LogP contribution in [0.2, 0.25) is 0 Å². The third-order valence-electron chi connectivity index (χ3n) is 12.3. The van der Waals surface area contributed by atoms with Crippen molar-refractivity contribution >= 4 is 23.6 Å². The first kappa shape index (κ1) is 33.2. The molecule has 48 heavy (non-hydrogen) atoms. The molecule has 1 aromatic heterocycles. The summed E-state index contributed by atoms with van der Waals surface area (Å²) in [6, 6.07) is 13.6. The number of epoxide rings is 1. The van der Waals surface area contributed by atoms with E-state index in [0.717, 1.165) is 37.2 Å². The number of hydrogen-bond acceptors (Lipinski definition) is 10. The van der Waals surface area contributed by atoms with Crippen LogP contribution in [0.4, 0.5) is 11.5 Å². The Hall–Kier alpha value is -3.28. The number of aliphatic hydroxyl groups excluding tert-OH is 2. The van der Waals surface area contributed by atoms with Crippen LogP contribution >= 0.6 is 0 Å². The van der Waals surface area contributed by atoms with Crippen molar-refractivity contribution in [3.05, 3.63) is 71.6 Å². The van der Waals surface area contributed by atoms with Gasteiger partial charge in [-0.05, 0) is 84.9 Å². The minimum Gasteiger partial charge on any atom is -0.423 e. The summed E-state index contributed by atoms with van der Waals surface area (Å²) in [5, 5.41) is 25.8. The van der Waals surface area contributed by atoms with E-state index < -0.39 is 23.2 Å². The number of aromatic nitrogens is 1. The first-order valence-corrected chi connectivity index (χ1v) is 17.4. The second kappa shape index (κ2) is 12.9. The van der Waals surface area contributed by atoms with Crippen LogP contribution in [0, 0.1) is 22.7 Å². The van der Waals surface area contributed by atoms with Gasteiger partial charge in [0.15, 0.2) is 0 Å². The number of carbonyl (C=O) groups is 1. The topological polar surface area (TPSA) is 120 Å². The Morgan fingerprint density at radius 3 is 2.54 bits per heavy atom. The number of carbonyl (C=O) groups excluding carboxylic acids is 1. The van der Waals surface area contributed by atoms with E-state index in [1.165, 1.54) is 0 Å². The first-order valence-electron chi connectivity index (χ1n) is 17.4. The highest BCUT2D eigenvalue weighted by atomic mass is 16.6. The van der Waals surface area contributed by atoms with E-state index in [2.05, 4.69) is 29.0 Å². The number of esters is 1. The Bertz CT molecular complexity index is 1540. The number of hydrogen-bond donors (Lipinski definition) is 3. The fraction of sp³-hybridized carbons (Fsp3) is 0.579. The van der Waals surface area contributed by atoms with Gasteiger partial charge in [-0.15, -0.1) is 0 Å². The van der Waals surface area contributed by atoms with Gasteiger partial charge in [0.25, 0.3) is 0 Å². The highest BCUT2D eigenvalue weighted by molar-refractivity contribution is 5.95. The molecule has 7 rings (SSSR count). The molecule has 2 saturated carbocycles. The minimum absolute atomic E-state index is 0.0245. The van der Waals surface area contributed by atoms with Crippen LogP contribution in [0.3, 0.4) is 0 Å². The van der Waals surface area contributed by atoms with E-state index in [1.807, 2.05) is 73.6 Å². The van der Waals surface area contributed by atoms with Crippen molar-refractivity contribution in [2.45, 2.75) is 63.3 Å². The predicted molar refractivity (Wildman–Crippen MR) is 184 cm³/mol. The maximum atomic E-state index is 13.7. The Kier molecular flexibility index (Phi) is 8.91. The van der Waals surface area contributed by atoms with Crippen molar-refractivity contribution in [3.63, 3.8) is 0 Å². The lowest BCUT2D eigenvalue weighted by molar-refractivity contribution is -0.197. The summed E-state index contributed by atoms with van der Waals surface area (Å²) in [5.41, 5.74) is 1.29. The van der Waals surface area contributed by atoms with E-state index in [4.69, 9.17) is 14.2 Å². The molecule has 0 radical (unpaired) electrons. The van der Waals surface area contributed by atoms with Crippen LogP contribution in [0.5, 0.6) is 0 Å². The van der Waals surface area contributed by atoms with Gasteiger partial charge in [-0.3, -0.25) is 4.90 Å². The summed E-state index contributed by atoms with van der Waals surface area (Å²) in [6.07, 6.45) is 7.79. The van der Waals surface area contributed by atoms with Crippen LogP contribution in [-0.2, 0) is 19.0 Å². The maximum Gasteiger partial charge on any atom is 0.341 e. The molecule has 2 aromatic rings. The summed E-state index contributed by atoms with van der Waals surface area (Å²) in [5.74, 6) is 0.890. The molecule has 1 spiro atoms. The van der Waals surface area contributed by atoms with Crippen molar-refractivity contribution in [2.75, 3.05) is 63.8 Å². The standard InChI is InChI=1S/C38H50N4O6/c1-36-13-12-33(44)37(2,23-43)30(36)22-32(42-15-17-46-18-16-42)38(24-47-38)31(36)21-29(40-34-7-5-6-14-39-34)28-20-27(48-35(28)45)19-25-8-10-26(11-9-25)41(3)4/h5-11,14,19-20,29-33,43-44H,12-13,15-18,21-24H2,1-4H3,(H,39,40)/b27-19+/t29?,30?,31?,32?,33-,36+,37+,38?/m1/s1. The Morgan fingerprint density at radius 1 is 1.15 bits per heavy atom. The van der Waals surface area contributed by atoms with Gasteiger partial charge in [0.1, 0.15) is 17.2 Å². The average molecular weight is 659 g/mol. The number of allylic oxidation sites excluding steroid dienone is 1. The number of anilines is 2. The smallest absolute Gasteiger partial charge is 0.341 e. The van der Waals surface area contributed by atoms with Crippen LogP contribution in [0.15, 0.2) is 66.1 Å². The number of aliphatic hydroxyl groups is 2. The molecule has 10 heteroatoms. The third-order valence-corrected chi connectivity index (χ3v) is 12.3. The second-order valence-corrected chi connectivity index (χ2v) is 15.1. The van der Waals surface area contributed by atoms with Crippen LogP contribution in [-0.4, -0.2) is 103 Å². The SMILES string of the molecule is CN(C)c1ccc(/C=C2\C=C(C(CC3C4(CO4)C(N4CCOCC4)CC4[C@]3(C)CC[C@@H](O)[C@@]4(C)CO)Nc3ccccn3)C(=O)O2)cc1. The maximum absolute atomic E-state index is 13.7. The molecule has 1 aromatic carbocycles. The molecular formula is C38H50N4O6.